The molecule has 180 valence electrons. The maximum atomic E-state index is 12.3. The van der Waals surface area contributed by atoms with Crippen LogP contribution in [0.1, 0.15) is 36.8 Å². The van der Waals surface area contributed by atoms with Gasteiger partial charge >= 0.3 is 5.97 Å². The molecule has 0 radical (unpaired) electrons. The SMILES string of the molecule is CCOC(=O)[C@H]1CCNCC1CCc1ccc(OCCc2nc(-c3ccccc3)oc2C)cc1. The number of carbonyl (C=O) groups excluding carboxylic acids is 1. The molecule has 3 aromatic rings. The summed E-state index contributed by atoms with van der Waals surface area (Å²) in [5.74, 6) is 2.60. The van der Waals surface area contributed by atoms with Crippen LogP contribution in [0, 0.1) is 18.8 Å². The number of nitrogens with one attached hydrogen (secondary N) is 1. The summed E-state index contributed by atoms with van der Waals surface area (Å²) in [6, 6.07) is 18.2. The lowest BCUT2D eigenvalue weighted by Crippen LogP contribution is -2.41. The number of rotatable bonds is 10. The third kappa shape index (κ3) is 6.26. The molecule has 1 unspecified atom stereocenters. The Morgan fingerprint density at radius 1 is 1.12 bits per heavy atom. The van der Waals surface area contributed by atoms with Crippen molar-refractivity contribution in [2.24, 2.45) is 11.8 Å². The molecule has 0 spiro atoms. The van der Waals surface area contributed by atoms with Crippen LogP contribution in [-0.4, -0.2) is 37.3 Å². The molecule has 2 aromatic carbocycles. The first-order valence-corrected chi connectivity index (χ1v) is 12.2. The van der Waals surface area contributed by atoms with Crippen LogP contribution >= 0.6 is 0 Å². The van der Waals surface area contributed by atoms with Gasteiger partial charge < -0.3 is 19.2 Å². The van der Waals surface area contributed by atoms with Gasteiger partial charge in [0.2, 0.25) is 5.89 Å². The Morgan fingerprint density at radius 2 is 1.91 bits per heavy atom. The maximum Gasteiger partial charge on any atom is 0.309 e. The van der Waals surface area contributed by atoms with E-state index in [1.807, 2.05) is 56.3 Å². The van der Waals surface area contributed by atoms with E-state index in [-0.39, 0.29) is 11.9 Å². The standard InChI is InChI=1S/C28H34N2O4/c1-3-32-28(31)25-15-17-29-19-23(25)12-9-21-10-13-24(14-11-21)33-18-16-26-20(2)34-27(30-26)22-7-5-4-6-8-22/h4-8,10-11,13-14,23,25,29H,3,9,12,15-19H2,1-2H3/t23?,25-/m0/s1. The molecule has 34 heavy (non-hydrogen) atoms. The van der Waals surface area contributed by atoms with Gasteiger partial charge in [-0.15, -0.1) is 0 Å². The van der Waals surface area contributed by atoms with Crippen molar-refractivity contribution in [2.75, 3.05) is 26.3 Å². The lowest BCUT2D eigenvalue weighted by atomic mass is 9.82. The Kier molecular flexibility index (Phi) is 8.36. The molecule has 1 aliphatic rings. The van der Waals surface area contributed by atoms with Gasteiger partial charge in [0, 0.05) is 12.0 Å². The van der Waals surface area contributed by atoms with E-state index in [0.29, 0.717) is 31.4 Å². The molecule has 0 bridgehead atoms. The quantitative estimate of drug-likeness (QED) is 0.428. The van der Waals surface area contributed by atoms with Gasteiger partial charge in [-0.25, -0.2) is 4.98 Å². The number of benzene rings is 2. The average Bonchev–Trinajstić information content (AvgIpc) is 3.25. The molecular formula is C28H34N2O4. The maximum absolute atomic E-state index is 12.3. The van der Waals surface area contributed by atoms with Crippen LogP contribution in [0.4, 0.5) is 0 Å². The summed E-state index contributed by atoms with van der Waals surface area (Å²) in [5, 5.41) is 3.42. The number of aryl methyl sites for hydroxylation is 2. The molecule has 0 aliphatic carbocycles. The van der Waals surface area contributed by atoms with Crippen LogP contribution < -0.4 is 10.1 Å². The first kappa shape index (κ1) is 24.0. The first-order chi connectivity index (χ1) is 16.6. The number of piperidine rings is 1. The minimum Gasteiger partial charge on any atom is -0.493 e. The van der Waals surface area contributed by atoms with Crippen molar-refractivity contribution >= 4 is 5.97 Å². The Morgan fingerprint density at radius 3 is 2.68 bits per heavy atom. The van der Waals surface area contributed by atoms with E-state index in [0.717, 1.165) is 55.1 Å². The Labute approximate surface area is 201 Å². The van der Waals surface area contributed by atoms with Crippen molar-refractivity contribution in [1.29, 1.82) is 0 Å². The monoisotopic (exact) mass is 462 g/mol. The average molecular weight is 463 g/mol. The highest BCUT2D eigenvalue weighted by molar-refractivity contribution is 5.73. The molecule has 6 heteroatoms. The number of carbonyl (C=O) groups is 1. The molecule has 1 aromatic heterocycles. The van der Waals surface area contributed by atoms with Gasteiger partial charge in [0.1, 0.15) is 11.5 Å². The summed E-state index contributed by atoms with van der Waals surface area (Å²) in [5.41, 5.74) is 3.15. The van der Waals surface area contributed by atoms with Gasteiger partial charge in [-0.3, -0.25) is 4.79 Å². The summed E-state index contributed by atoms with van der Waals surface area (Å²) < 4.78 is 17.1. The van der Waals surface area contributed by atoms with E-state index in [9.17, 15) is 4.79 Å². The van der Waals surface area contributed by atoms with Gasteiger partial charge in [-0.2, -0.15) is 0 Å². The summed E-state index contributed by atoms with van der Waals surface area (Å²) in [6.07, 6.45) is 3.44. The molecule has 1 N–H and O–H groups in total. The van der Waals surface area contributed by atoms with Gasteiger partial charge in [0.15, 0.2) is 0 Å². The molecule has 6 nitrogen and oxygen atoms in total. The van der Waals surface area contributed by atoms with E-state index in [1.54, 1.807) is 0 Å². The van der Waals surface area contributed by atoms with Crippen LogP contribution in [0.25, 0.3) is 11.5 Å². The van der Waals surface area contributed by atoms with E-state index >= 15 is 0 Å². The fourth-order valence-electron chi connectivity index (χ4n) is 4.52. The largest absolute Gasteiger partial charge is 0.493 e. The third-order valence-corrected chi connectivity index (χ3v) is 6.45. The van der Waals surface area contributed by atoms with Gasteiger partial charge in [0.25, 0.3) is 0 Å². The second kappa shape index (κ2) is 11.8. The number of esters is 1. The zero-order valence-corrected chi connectivity index (χ0v) is 20.1. The van der Waals surface area contributed by atoms with Gasteiger partial charge in [0.05, 0.1) is 24.8 Å². The molecule has 1 aliphatic heterocycles. The van der Waals surface area contributed by atoms with Crippen LogP contribution in [-0.2, 0) is 22.4 Å². The lowest BCUT2D eigenvalue weighted by Gasteiger charge is -2.30. The first-order valence-electron chi connectivity index (χ1n) is 12.2. The molecule has 1 fully saturated rings. The smallest absolute Gasteiger partial charge is 0.309 e. The highest BCUT2D eigenvalue weighted by atomic mass is 16.5. The van der Waals surface area contributed by atoms with Crippen molar-refractivity contribution in [3.05, 3.63) is 71.6 Å². The lowest BCUT2D eigenvalue weighted by molar-refractivity contribution is -0.151. The number of oxazole rings is 1. The van der Waals surface area contributed by atoms with Crippen molar-refractivity contribution < 1.29 is 18.7 Å². The summed E-state index contributed by atoms with van der Waals surface area (Å²) in [4.78, 5) is 16.9. The molecule has 2 atom stereocenters. The molecule has 1 saturated heterocycles. The number of hydrogen-bond acceptors (Lipinski definition) is 6. The zero-order chi connectivity index (χ0) is 23.8. The van der Waals surface area contributed by atoms with E-state index in [2.05, 4.69) is 22.4 Å². The van der Waals surface area contributed by atoms with Gasteiger partial charge in [-0.05, 0) is 81.9 Å². The minimum absolute atomic E-state index is 0.00574. The van der Waals surface area contributed by atoms with Gasteiger partial charge in [-0.1, -0.05) is 30.3 Å². The highest BCUT2D eigenvalue weighted by Gasteiger charge is 2.31. The second-order valence-electron chi connectivity index (χ2n) is 8.78. The van der Waals surface area contributed by atoms with Crippen LogP contribution in [0.2, 0.25) is 0 Å². The second-order valence-corrected chi connectivity index (χ2v) is 8.78. The van der Waals surface area contributed by atoms with Crippen molar-refractivity contribution in [1.82, 2.24) is 10.3 Å². The predicted molar refractivity (Wildman–Crippen MR) is 132 cm³/mol. The summed E-state index contributed by atoms with van der Waals surface area (Å²) >= 11 is 0. The third-order valence-electron chi connectivity index (χ3n) is 6.45. The van der Waals surface area contributed by atoms with E-state index in [1.165, 1.54) is 5.56 Å². The molecule has 4 rings (SSSR count). The van der Waals surface area contributed by atoms with Crippen molar-refractivity contribution in [3.63, 3.8) is 0 Å². The number of ether oxygens (including phenoxy) is 2. The Hall–Kier alpha value is -3.12. The summed E-state index contributed by atoms with van der Waals surface area (Å²) in [7, 11) is 0. The normalized spacial score (nSPS) is 17.9. The predicted octanol–water partition coefficient (Wildman–Crippen LogP) is 4.99. The van der Waals surface area contributed by atoms with Crippen molar-refractivity contribution in [3.8, 4) is 17.2 Å². The molecule has 2 heterocycles. The fraction of sp³-hybridized carbons (Fsp3) is 0.429. The van der Waals surface area contributed by atoms with Crippen LogP contribution in [0.3, 0.4) is 0 Å². The number of aromatic nitrogens is 1. The number of nitrogens with zero attached hydrogens (tertiary/aromatic N) is 1. The zero-order valence-electron chi connectivity index (χ0n) is 20.1. The van der Waals surface area contributed by atoms with Crippen LogP contribution in [0.5, 0.6) is 5.75 Å². The highest BCUT2D eigenvalue weighted by Crippen LogP contribution is 2.26. The van der Waals surface area contributed by atoms with E-state index in [4.69, 9.17) is 13.9 Å². The molecule has 0 saturated carbocycles. The van der Waals surface area contributed by atoms with Crippen molar-refractivity contribution in [2.45, 2.75) is 39.5 Å². The Balaban J connectivity index is 1.25. The van der Waals surface area contributed by atoms with Crippen LogP contribution in [0.15, 0.2) is 59.0 Å². The molecule has 0 amide bonds. The Bertz CT molecular complexity index is 1050. The minimum atomic E-state index is -0.0454. The topological polar surface area (TPSA) is 73.6 Å². The number of hydrogen-bond donors (Lipinski definition) is 1. The summed E-state index contributed by atoms with van der Waals surface area (Å²) in [6.45, 7) is 6.55. The van der Waals surface area contributed by atoms with E-state index < -0.39 is 0 Å². The molecular weight excluding hydrogens is 428 g/mol. The fourth-order valence-corrected chi connectivity index (χ4v) is 4.52.